The van der Waals surface area contributed by atoms with Gasteiger partial charge in [-0.15, -0.1) is 10.2 Å². The monoisotopic (exact) mass is 506 g/mol. The van der Waals surface area contributed by atoms with Gasteiger partial charge in [-0.2, -0.15) is 4.31 Å². The molecular weight excluding hydrogens is 480 g/mol. The molecule has 1 fully saturated rings. The quantitative estimate of drug-likeness (QED) is 0.316. The third-order valence-electron chi connectivity index (χ3n) is 6.88. The van der Waals surface area contributed by atoms with Gasteiger partial charge < -0.3 is 4.90 Å². The van der Waals surface area contributed by atoms with Gasteiger partial charge in [0.25, 0.3) is 0 Å². The Morgan fingerprint density at radius 3 is 2.00 bits per heavy atom. The van der Waals surface area contributed by atoms with E-state index in [0.717, 1.165) is 39.0 Å². The van der Waals surface area contributed by atoms with Crippen LogP contribution in [-0.2, 0) is 10.0 Å². The van der Waals surface area contributed by atoms with Crippen LogP contribution in [0, 0.1) is 0 Å². The van der Waals surface area contributed by atoms with Gasteiger partial charge in [0.1, 0.15) is 0 Å². The molecule has 6 nitrogen and oxygen atoms in total. The molecule has 2 heterocycles. The van der Waals surface area contributed by atoms with E-state index in [0.29, 0.717) is 31.1 Å². The van der Waals surface area contributed by atoms with E-state index in [2.05, 4.69) is 39.4 Å². The lowest BCUT2D eigenvalue weighted by atomic mass is 10.0. The van der Waals surface area contributed by atoms with E-state index in [9.17, 15) is 8.42 Å². The van der Waals surface area contributed by atoms with Gasteiger partial charge in [0.15, 0.2) is 5.82 Å². The number of hydrogen-bond donors (Lipinski definition) is 0. The zero-order valence-electron chi connectivity index (χ0n) is 20.2. The summed E-state index contributed by atoms with van der Waals surface area (Å²) in [7, 11) is -3.56. The van der Waals surface area contributed by atoms with Crippen LogP contribution in [0.2, 0.25) is 0 Å². The number of anilines is 1. The zero-order valence-corrected chi connectivity index (χ0v) is 21.1. The Kier molecular flexibility index (Phi) is 6.16. The SMILES string of the molecule is O=S(=O)(c1ccc(-c2ccccc2)cc1)N1CCN(c2ccc(-c3cccc4ccccc34)nn2)CC1. The third-order valence-corrected chi connectivity index (χ3v) is 8.79. The molecular formula is C30H26N4O2S. The molecule has 0 unspecified atom stereocenters. The Labute approximate surface area is 216 Å². The van der Waals surface area contributed by atoms with Crippen molar-refractivity contribution in [1.29, 1.82) is 0 Å². The van der Waals surface area contributed by atoms with E-state index >= 15 is 0 Å². The summed E-state index contributed by atoms with van der Waals surface area (Å²) in [5, 5.41) is 11.3. The first-order chi connectivity index (χ1) is 18.1. The van der Waals surface area contributed by atoms with Crippen molar-refractivity contribution in [1.82, 2.24) is 14.5 Å². The van der Waals surface area contributed by atoms with E-state index in [1.165, 1.54) is 0 Å². The fourth-order valence-corrected chi connectivity index (χ4v) is 6.27. The second kappa shape index (κ2) is 9.76. The molecule has 0 saturated carbocycles. The normalized spacial score (nSPS) is 14.6. The fraction of sp³-hybridized carbons (Fsp3) is 0.133. The summed E-state index contributed by atoms with van der Waals surface area (Å²) in [6, 6.07) is 35.4. The van der Waals surface area contributed by atoms with Crippen LogP contribution in [0.1, 0.15) is 0 Å². The maximum absolute atomic E-state index is 13.3. The average Bonchev–Trinajstić information content (AvgIpc) is 2.97. The Morgan fingerprint density at radius 1 is 0.595 bits per heavy atom. The van der Waals surface area contributed by atoms with Crippen LogP contribution < -0.4 is 4.90 Å². The standard InChI is InChI=1S/C30H26N4O2S/c35-37(36,26-15-13-24(14-16-26)23-7-2-1-3-8-23)34-21-19-33(20-22-34)30-18-17-29(31-32-30)28-12-6-10-25-9-4-5-11-27(25)28/h1-18H,19-22H2. The number of aromatic nitrogens is 2. The highest BCUT2D eigenvalue weighted by molar-refractivity contribution is 7.89. The largest absolute Gasteiger partial charge is 0.352 e. The van der Waals surface area contributed by atoms with Gasteiger partial charge in [0, 0.05) is 31.7 Å². The highest BCUT2D eigenvalue weighted by Gasteiger charge is 2.29. The predicted octanol–water partition coefficient (Wildman–Crippen LogP) is 5.47. The minimum absolute atomic E-state index is 0.319. The zero-order chi connectivity index (χ0) is 25.2. The molecule has 184 valence electrons. The number of nitrogens with zero attached hydrogens (tertiary/aromatic N) is 4. The van der Waals surface area contributed by atoms with Crippen molar-refractivity contribution < 1.29 is 8.42 Å². The van der Waals surface area contributed by atoms with Crippen LogP contribution in [0.15, 0.2) is 114 Å². The van der Waals surface area contributed by atoms with Gasteiger partial charge in [-0.1, -0.05) is 84.9 Å². The maximum Gasteiger partial charge on any atom is 0.243 e. The van der Waals surface area contributed by atoms with Crippen molar-refractivity contribution in [3.8, 4) is 22.4 Å². The molecule has 0 amide bonds. The van der Waals surface area contributed by atoms with Crippen molar-refractivity contribution in [2.24, 2.45) is 0 Å². The summed E-state index contributed by atoms with van der Waals surface area (Å²) in [4.78, 5) is 2.41. The summed E-state index contributed by atoms with van der Waals surface area (Å²) >= 11 is 0. The van der Waals surface area contributed by atoms with E-state index < -0.39 is 10.0 Å². The Balaban J connectivity index is 1.14. The van der Waals surface area contributed by atoms with Crippen LogP contribution >= 0.6 is 0 Å². The highest BCUT2D eigenvalue weighted by atomic mass is 32.2. The summed E-state index contributed by atoms with van der Waals surface area (Å²) in [5.74, 6) is 0.758. The molecule has 0 N–H and O–H groups in total. The Hall–Kier alpha value is -4.07. The average molecular weight is 507 g/mol. The smallest absolute Gasteiger partial charge is 0.243 e. The van der Waals surface area contributed by atoms with Crippen LogP contribution in [0.25, 0.3) is 33.2 Å². The number of piperazine rings is 1. The summed E-state index contributed by atoms with van der Waals surface area (Å²) in [6.45, 7) is 1.91. The number of hydrogen-bond acceptors (Lipinski definition) is 5. The topological polar surface area (TPSA) is 66.4 Å². The molecule has 5 aromatic rings. The lowest BCUT2D eigenvalue weighted by Gasteiger charge is -2.34. The van der Waals surface area contributed by atoms with Crippen LogP contribution in [0.4, 0.5) is 5.82 Å². The van der Waals surface area contributed by atoms with Gasteiger partial charge >= 0.3 is 0 Å². The maximum atomic E-state index is 13.3. The van der Waals surface area contributed by atoms with E-state index in [1.54, 1.807) is 16.4 Å². The minimum Gasteiger partial charge on any atom is -0.352 e. The number of benzene rings is 4. The van der Waals surface area contributed by atoms with Crippen LogP contribution in [0.5, 0.6) is 0 Å². The molecule has 1 aromatic heterocycles. The van der Waals surface area contributed by atoms with Gasteiger partial charge in [0.2, 0.25) is 10.0 Å². The molecule has 1 aliphatic rings. The molecule has 37 heavy (non-hydrogen) atoms. The van der Waals surface area contributed by atoms with Crippen LogP contribution in [0.3, 0.4) is 0 Å². The van der Waals surface area contributed by atoms with Crippen molar-refractivity contribution in [3.05, 3.63) is 109 Å². The van der Waals surface area contributed by atoms with Crippen molar-refractivity contribution >= 4 is 26.6 Å². The molecule has 7 heteroatoms. The predicted molar refractivity (Wildman–Crippen MR) is 148 cm³/mol. The van der Waals surface area contributed by atoms with Crippen molar-refractivity contribution in [2.75, 3.05) is 31.1 Å². The summed E-state index contributed by atoms with van der Waals surface area (Å²) in [6.07, 6.45) is 0. The Morgan fingerprint density at radius 2 is 1.27 bits per heavy atom. The molecule has 0 atom stereocenters. The molecule has 0 radical (unpaired) electrons. The second-order valence-corrected chi connectivity index (χ2v) is 11.0. The lowest BCUT2D eigenvalue weighted by Crippen LogP contribution is -2.48. The van der Waals surface area contributed by atoms with Gasteiger partial charge in [-0.3, -0.25) is 0 Å². The molecule has 0 spiro atoms. The van der Waals surface area contributed by atoms with E-state index in [1.807, 2.05) is 72.8 Å². The highest BCUT2D eigenvalue weighted by Crippen LogP contribution is 2.28. The lowest BCUT2D eigenvalue weighted by molar-refractivity contribution is 0.383. The first-order valence-electron chi connectivity index (χ1n) is 12.3. The first-order valence-corrected chi connectivity index (χ1v) is 13.8. The van der Waals surface area contributed by atoms with Crippen molar-refractivity contribution in [2.45, 2.75) is 4.90 Å². The molecule has 0 aliphatic carbocycles. The molecule has 1 saturated heterocycles. The number of sulfonamides is 1. The number of fused-ring (bicyclic) bond motifs is 1. The third kappa shape index (κ3) is 4.59. The molecule has 6 rings (SSSR count). The van der Waals surface area contributed by atoms with Crippen LogP contribution in [-0.4, -0.2) is 49.1 Å². The molecule has 4 aromatic carbocycles. The van der Waals surface area contributed by atoms with Gasteiger partial charge in [-0.05, 0) is 46.2 Å². The fourth-order valence-electron chi connectivity index (χ4n) is 4.84. The van der Waals surface area contributed by atoms with Gasteiger partial charge in [-0.25, -0.2) is 8.42 Å². The van der Waals surface area contributed by atoms with E-state index in [-0.39, 0.29) is 0 Å². The molecule has 0 bridgehead atoms. The van der Waals surface area contributed by atoms with E-state index in [4.69, 9.17) is 0 Å². The first kappa shape index (κ1) is 23.3. The number of rotatable bonds is 5. The minimum atomic E-state index is -3.56. The second-order valence-electron chi connectivity index (χ2n) is 9.09. The van der Waals surface area contributed by atoms with Gasteiger partial charge in [0.05, 0.1) is 10.6 Å². The Bertz CT molecular complexity index is 1620. The van der Waals surface area contributed by atoms with Crippen molar-refractivity contribution in [3.63, 3.8) is 0 Å². The molecule has 1 aliphatic heterocycles. The summed E-state index contributed by atoms with van der Waals surface area (Å²) in [5.41, 5.74) is 3.93. The summed E-state index contributed by atoms with van der Waals surface area (Å²) < 4.78 is 28.1.